The SMILES string of the molecule is CC.Fc1ccccc1C1OCCO1. The Labute approximate surface area is 83.6 Å². The van der Waals surface area contributed by atoms with Crippen molar-refractivity contribution in [3.05, 3.63) is 35.6 Å². The van der Waals surface area contributed by atoms with E-state index in [1.807, 2.05) is 13.8 Å². The van der Waals surface area contributed by atoms with E-state index in [1.165, 1.54) is 6.07 Å². The zero-order valence-electron chi connectivity index (χ0n) is 8.50. The summed E-state index contributed by atoms with van der Waals surface area (Å²) in [5.41, 5.74) is 0.481. The van der Waals surface area contributed by atoms with Gasteiger partial charge in [0.2, 0.25) is 0 Å². The van der Waals surface area contributed by atoms with E-state index in [0.29, 0.717) is 18.8 Å². The summed E-state index contributed by atoms with van der Waals surface area (Å²) in [5.74, 6) is -0.274. The Morgan fingerprint density at radius 2 is 1.71 bits per heavy atom. The number of hydrogen-bond donors (Lipinski definition) is 0. The Morgan fingerprint density at radius 3 is 2.29 bits per heavy atom. The predicted molar refractivity (Wildman–Crippen MR) is 52.4 cm³/mol. The molecule has 0 N–H and O–H groups in total. The number of rotatable bonds is 1. The molecule has 0 amide bonds. The highest BCUT2D eigenvalue weighted by Gasteiger charge is 2.20. The van der Waals surface area contributed by atoms with Crippen molar-refractivity contribution >= 4 is 0 Å². The van der Waals surface area contributed by atoms with E-state index in [0.717, 1.165) is 0 Å². The molecule has 2 rings (SSSR count). The molecule has 0 aromatic heterocycles. The zero-order chi connectivity index (χ0) is 10.4. The van der Waals surface area contributed by atoms with E-state index in [2.05, 4.69) is 0 Å². The lowest BCUT2D eigenvalue weighted by Crippen LogP contribution is -2.00. The lowest BCUT2D eigenvalue weighted by molar-refractivity contribution is -0.0464. The van der Waals surface area contributed by atoms with E-state index < -0.39 is 6.29 Å². The Bertz CT molecular complexity index is 270. The van der Waals surface area contributed by atoms with Crippen molar-refractivity contribution in [3.63, 3.8) is 0 Å². The second-order valence-corrected chi connectivity index (χ2v) is 2.60. The van der Waals surface area contributed by atoms with Gasteiger partial charge < -0.3 is 9.47 Å². The highest BCUT2D eigenvalue weighted by molar-refractivity contribution is 5.18. The lowest BCUT2D eigenvalue weighted by atomic mass is 10.2. The van der Waals surface area contributed by atoms with E-state index in [1.54, 1.807) is 18.2 Å². The molecule has 0 unspecified atom stereocenters. The summed E-state index contributed by atoms with van der Waals surface area (Å²) < 4.78 is 23.4. The van der Waals surface area contributed by atoms with Crippen molar-refractivity contribution < 1.29 is 13.9 Å². The van der Waals surface area contributed by atoms with Crippen LogP contribution in [-0.4, -0.2) is 13.2 Å². The summed E-state index contributed by atoms with van der Waals surface area (Å²) in [4.78, 5) is 0. The second-order valence-electron chi connectivity index (χ2n) is 2.60. The average Bonchev–Trinajstić information content (AvgIpc) is 2.75. The number of halogens is 1. The van der Waals surface area contributed by atoms with Gasteiger partial charge in [0, 0.05) is 5.56 Å². The Hall–Kier alpha value is -0.930. The molecule has 0 saturated carbocycles. The van der Waals surface area contributed by atoms with Gasteiger partial charge in [0.25, 0.3) is 0 Å². The van der Waals surface area contributed by atoms with Crippen molar-refractivity contribution in [2.45, 2.75) is 20.1 Å². The van der Waals surface area contributed by atoms with Crippen LogP contribution in [0.5, 0.6) is 0 Å². The first-order chi connectivity index (χ1) is 6.88. The minimum Gasteiger partial charge on any atom is -0.346 e. The van der Waals surface area contributed by atoms with Crippen LogP contribution in [0.2, 0.25) is 0 Å². The topological polar surface area (TPSA) is 18.5 Å². The predicted octanol–water partition coefficient (Wildman–Crippen LogP) is 2.90. The molecule has 1 aromatic carbocycles. The molecule has 1 aliphatic heterocycles. The molecule has 78 valence electrons. The van der Waals surface area contributed by atoms with Crippen LogP contribution in [0.3, 0.4) is 0 Å². The molecule has 0 atom stereocenters. The van der Waals surface area contributed by atoms with Gasteiger partial charge in [-0.15, -0.1) is 0 Å². The molecule has 1 aliphatic rings. The summed E-state index contributed by atoms with van der Waals surface area (Å²) in [7, 11) is 0. The first-order valence-electron chi connectivity index (χ1n) is 4.85. The van der Waals surface area contributed by atoms with Gasteiger partial charge in [-0.05, 0) is 6.07 Å². The van der Waals surface area contributed by atoms with Gasteiger partial charge in [0.05, 0.1) is 13.2 Å². The molecule has 1 heterocycles. The van der Waals surface area contributed by atoms with Crippen LogP contribution in [0.15, 0.2) is 24.3 Å². The number of hydrogen-bond acceptors (Lipinski definition) is 2. The number of ether oxygens (including phenoxy) is 2. The maximum Gasteiger partial charge on any atom is 0.186 e. The summed E-state index contributed by atoms with van der Waals surface area (Å²) in [6.07, 6.45) is -0.508. The van der Waals surface area contributed by atoms with Crippen LogP contribution in [0.4, 0.5) is 4.39 Å². The molecule has 1 saturated heterocycles. The molecule has 14 heavy (non-hydrogen) atoms. The molecule has 0 bridgehead atoms. The van der Waals surface area contributed by atoms with Crippen LogP contribution in [0.1, 0.15) is 25.7 Å². The lowest BCUT2D eigenvalue weighted by Gasteiger charge is -2.09. The van der Waals surface area contributed by atoms with Gasteiger partial charge in [-0.3, -0.25) is 0 Å². The average molecular weight is 198 g/mol. The fourth-order valence-electron chi connectivity index (χ4n) is 1.20. The van der Waals surface area contributed by atoms with Crippen molar-refractivity contribution in [2.24, 2.45) is 0 Å². The fourth-order valence-corrected chi connectivity index (χ4v) is 1.20. The number of benzene rings is 1. The van der Waals surface area contributed by atoms with Gasteiger partial charge in [-0.25, -0.2) is 4.39 Å². The smallest absolute Gasteiger partial charge is 0.186 e. The summed E-state index contributed by atoms with van der Waals surface area (Å²) >= 11 is 0. The Morgan fingerprint density at radius 1 is 1.14 bits per heavy atom. The first-order valence-corrected chi connectivity index (χ1v) is 4.85. The van der Waals surface area contributed by atoms with Gasteiger partial charge in [-0.1, -0.05) is 32.0 Å². The molecule has 0 radical (unpaired) electrons. The Balaban J connectivity index is 0.000000461. The third kappa shape index (κ3) is 2.53. The largest absolute Gasteiger partial charge is 0.346 e. The monoisotopic (exact) mass is 198 g/mol. The minimum absolute atomic E-state index is 0.274. The minimum atomic E-state index is -0.508. The molecule has 0 aliphatic carbocycles. The van der Waals surface area contributed by atoms with Crippen LogP contribution >= 0.6 is 0 Å². The summed E-state index contributed by atoms with van der Waals surface area (Å²) in [5, 5.41) is 0. The zero-order valence-corrected chi connectivity index (χ0v) is 8.50. The van der Waals surface area contributed by atoms with E-state index in [9.17, 15) is 4.39 Å². The van der Waals surface area contributed by atoms with E-state index in [4.69, 9.17) is 9.47 Å². The third-order valence-electron chi connectivity index (χ3n) is 1.78. The summed E-state index contributed by atoms with van der Waals surface area (Å²) in [6.45, 7) is 5.08. The first kappa shape index (κ1) is 11.1. The maximum absolute atomic E-state index is 13.1. The van der Waals surface area contributed by atoms with Crippen LogP contribution in [0.25, 0.3) is 0 Å². The van der Waals surface area contributed by atoms with Crippen LogP contribution in [-0.2, 0) is 9.47 Å². The molecular weight excluding hydrogens is 183 g/mol. The van der Waals surface area contributed by atoms with Crippen molar-refractivity contribution in [1.29, 1.82) is 0 Å². The van der Waals surface area contributed by atoms with Crippen molar-refractivity contribution in [1.82, 2.24) is 0 Å². The normalized spacial score (nSPS) is 16.2. The van der Waals surface area contributed by atoms with Crippen LogP contribution in [0, 0.1) is 5.82 Å². The fraction of sp³-hybridized carbons (Fsp3) is 0.455. The quantitative estimate of drug-likeness (QED) is 0.690. The molecule has 1 aromatic rings. The van der Waals surface area contributed by atoms with Crippen molar-refractivity contribution in [2.75, 3.05) is 13.2 Å². The summed E-state index contributed by atoms with van der Waals surface area (Å²) in [6, 6.07) is 6.49. The Kier molecular flexibility index (Phi) is 4.56. The highest BCUT2D eigenvalue weighted by atomic mass is 19.1. The van der Waals surface area contributed by atoms with E-state index in [-0.39, 0.29) is 5.82 Å². The van der Waals surface area contributed by atoms with Gasteiger partial charge >= 0.3 is 0 Å². The third-order valence-corrected chi connectivity index (χ3v) is 1.78. The molecule has 2 nitrogen and oxygen atoms in total. The standard InChI is InChI=1S/C9H9FO2.C2H6/c10-8-4-2-1-3-7(8)9-11-5-6-12-9;1-2/h1-4,9H,5-6H2;1-2H3. The van der Waals surface area contributed by atoms with Gasteiger partial charge in [0.15, 0.2) is 6.29 Å². The molecule has 1 fully saturated rings. The van der Waals surface area contributed by atoms with Crippen LogP contribution < -0.4 is 0 Å². The van der Waals surface area contributed by atoms with Gasteiger partial charge in [0.1, 0.15) is 5.82 Å². The molecule has 3 heteroatoms. The maximum atomic E-state index is 13.1. The molecule has 0 spiro atoms. The van der Waals surface area contributed by atoms with E-state index >= 15 is 0 Å². The van der Waals surface area contributed by atoms with Crippen molar-refractivity contribution in [3.8, 4) is 0 Å². The van der Waals surface area contributed by atoms with Gasteiger partial charge in [-0.2, -0.15) is 0 Å². The highest BCUT2D eigenvalue weighted by Crippen LogP contribution is 2.24. The second kappa shape index (κ2) is 5.73. The molecular formula is C11H15FO2.